The Morgan fingerprint density at radius 1 is 1.42 bits per heavy atom. The van der Waals surface area contributed by atoms with E-state index in [-0.39, 0.29) is 16.7 Å². The Hall–Kier alpha value is -2.13. The van der Waals surface area contributed by atoms with Crippen molar-refractivity contribution in [3.63, 3.8) is 0 Å². The summed E-state index contributed by atoms with van der Waals surface area (Å²) in [6, 6.07) is 9.07. The minimum absolute atomic E-state index is 0.113. The van der Waals surface area contributed by atoms with Crippen LogP contribution >= 0.6 is 0 Å². The zero-order valence-electron chi connectivity index (χ0n) is 10.6. The Balaban J connectivity index is 1.96. The summed E-state index contributed by atoms with van der Waals surface area (Å²) in [6.45, 7) is 2.16. The fourth-order valence-electron chi connectivity index (χ4n) is 2.31. The molecule has 0 saturated carbocycles. The fourth-order valence-corrected chi connectivity index (χ4v) is 2.31. The Morgan fingerprint density at radius 2 is 2.11 bits per heavy atom. The minimum atomic E-state index is -0.368. The minimum Gasteiger partial charge on any atom is -0.377 e. The molecule has 0 atom stereocenters. The van der Waals surface area contributed by atoms with Crippen LogP contribution in [0.2, 0.25) is 0 Å². The van der Waals surface area contributed by atoms with Crippen molar-refractivity contribution in [3.05, 3.63) is 34.4 Å². The molecule has 1 heterocycles. The molecule has 0 radical (unpaired) electrons. The zero-order chi connectivity index (χ0) is 13.7. The molecule has 6 heteroatoms. The van der Waals surface area contributed by atoms with Crippen LogP contribution in [0.5, 0.6) is 0 Å². The number of rotatable bonds is 4. The van der Waals surface area contributed by atoms with Crippen LogP contribution in [0.3, 0.4) is 0 Å². The number of nitro groups is 1. The summed E-state index contributed by atoms with van der Waals surface area (Å²) in [5.41, 5.74) is 0.688. The smallest absolute Gasteiger partial charge is 0.292 e. The molecular weight excluding hydrogens is 244 g/mol. The van der Waals surface area contributed by atoms with Crippen molar-refractivity contribution in [2.75, 3.05) is 25.0 Å². The Labute approximate surface area is 111 Å². The van der Waals surface area contributed by atoms with Crippen LogP contribution in [0.4, 0.5) is 11.4 Å². The van der Waals surface area contributed by atoms with Crippen molar-refractivity contribution in [3.8, 4) is 6.07 Å². The van der Waals surface area contributed by atoms with Gasteiger partial charge in [-0.1, -0.05) is 12.1 Å². The van der Waals surface area contributed by atoms with Gasteiger partial charge in [-0.3, -0.25) is 15.0 Å². The largest absolute Gasteiger partial charge is 0.377 e. The predicted molar refractivity (Wildman–Crippen MR) is 71.8 cm³/mol. The third-order valence-corrected chi connectivity index (χ3v) is 3.34. The molecule has 0 bridgehead atoms. The first-order valence-electron chi connectivity index (χ1n) is 6.30. The van der Waals surface area contributed by atoms with Gasteiger partial charge in [-0.15, -0.1) is 0 Å². The van der Waals surface area contributed by atoms with Gasteiger partial charge in [-0.2, -0.15) is 5.26 Å². The van der Waals surface area contributed by atoms with E-state index in [0.29, 0.717) is 12.2 Å². The summed E-state index contributed by atoms with van der Waals surface area (Å²) in [5.74, 6) is 0. The van der Waals surface area contributed by atoms with Crippen LogP contribution in [0.25, 0.3) is 0 Å². The van der Waals surface area contributed by atoms with E-state index < -0.39 is 0 Å². The molecule has 0 spiro atoms. The molecule has 0 amide bonds. The summed E-state index contributed by atoms with van der Waals surface area (Å²) in [7, 11) is 0. The van der Waals surface area contributed by atoms with Crippen LogP contribution in [0, 0.1) is 21.4 Å². The molecule has 19 heavy (non-hydrogen) atoms. The van der Waals surface area contributed by atoms with Crippen LogP contribution in [-0.4, -0.2) is 35.5 Å². The summed E-state index contributed by atoms with van der Waals surface area (Å²) in [4.78, 5) is 12.6. The van der Waals surface area contributed by atoms with Gasteiger partial charge in [-0.05, 0) is 18.9 Å². The van der Waals surface area contributed by atoms with E-state index in [1.54, 1.807) is 18.2 Å². The molecule has 1 aliphatic heterocycles. The Morgan fingerprint density at radius 3 is 2.74 bits per heavy atom. The Kier molecular flexibility index (Phi) is 4.31. The number of nitrogens with zero attached hydrogens (tertiary/aromatic N) is 3. The quantitative estimate of drug-likeness (QED) is 0.508. The molecule has 2 rings (SSSR count). The van der Waals surface area contributed by atoms with Crippen LogP contribution in [0.1, 0.15) is 12.8 Å². The number of nitriles is 1. The first-order chi connectivity index (χ1) is 9.20. The van der Waals surface area contributed by atoms with E-state index in [1.807, 2.05) is 0 Å². The van der Waals surface area contributed by atoms with E-state index >= 15 is 0 Å². The first-order valence-corrected chi connectivity index (χ1v) is 6.30. The second-order valence-corrected chi connectivity index (χ2v) is 4.63. The van der Waals surface area contributed by atoms with E-state index in [9.17, 15) is 10.1 Å². The summed E-state index contributed by atoms with van der Waals surface area (Å²) in [6.07, 6.45) is 1.79. The van der Waals surface area contributed by atoms with Gasteiger partial charge in [0.1, 0.15) is 5.69 Å². The van der Waals surface area contributed by atoms with Crippen molar-refractivity contribution in [2.45, 2.75) is 18.9 Å². The lowest BCUT2D eigenvalue weighted by molar-refractivity contribution is -0.384. The van der Waals surface area contributed by atoms with Gasteiger partial charge >= 0.3 is 0 Å². The van der Waals surface area contributed by atoms with Crippen molar-refractivity contribution in [1.29, 1.82) is 5.26 Å². The first kappa shape index (κ1) is 13.3. The lowest BCUT2D eigenvalue weighted by Gasteiger charge is -2.31. The average molecular weight is 260 g/mol. The number of hydrogen-bond acceptors (Lipinski definition) is 5. The number of nitrogens with one attached hydrogen (secondary N) is 1. The summed E-state index contributed by atoms with van der Waals surface area (Å²) >= 11 is 0. The SMILES string of the molecule is N#CCN1CCC(Nc2ccccc2[N+](=O)[O-])CC1. The van der Waals surface area contributed by atoms with Gasteiger partial charge in [-0.25, -0.2) is 0 Å². The third kappa shape index (κ3) is 3.42. The summed E-state index contributed by atoms with van der Waals surface area (Å²) in [5, 5.41) is 22.8. The molecule has 100 valence electrons. The molecule has 1 aliphatic rings. The molecule has 0 aliphatic carbocycles. The second-order valence-electron chi connectivity index (χ2n) is 4.63. The average Bonchev–Trinajstić information content (AvgIpc) is 2.42. The molecule has 1 fully saturated rings. The number of likely N-dealkylation sites (tertiary alicyclic amines) is 1. The molecule has 0 aromatic heterocycles. The van der Waals surface area contributed by atoms with Crippen molar-refractivity contribution < 1.29 is 4.92 Å². The van der Waals surface area contributed by atoms with Crippen LogP contribution in [-0.2, 0) is 0 Å². The highest BCUT2D eigenvalue weighted by Crippen LogP contribution is 2.25. The fraction of sp³-hybridized carbons (Fsp3) is 0.462. The van der Waals surface area contributed by atoms with E-state index in [1.165, 1.54) is 6.07 Å². The normalized spacial score (nSPS) is 16.8. The standard InChI is InChI=1S/C13H16N4O2/c14-7-10-16-8-5-11(6-9-16)15-12-3-1-2-4-13(12)17(18)19/h1-4,11,15H,5-6,8-10H2. The van der Waals surface area contributed by atoms with Crippen LogP contribution in [0.15, 0.2) is 24.3 Å². The molecule has 6 nitrogen and oxygen atoms in total. The van der Waals surface area contributed by atoms with Gasteiger partial charge in [0, 0.05) is 25.2 Å². The number of piperidine rings is 1. The van der Waals surface area contributed by atoms with Gasteiger partial charge in [0.25, 0.3) is 5.69 Å². The maximum Gasteiger partial charge on any atom is 0.292 e. The van der Waals surface area contributed by atoms with Crippen molar-refractivity contribution >= 4 is 11.4 Å². The number of anilines is 1. The topological polar surface area (TPSA) is 82.2 Å². The van der Waals surface area contributed by atoms with E-state index in [0.717, 1.165) is 25.9 Å². The molecular formula is C13H16N4O2. The van der Waals surface area contributed by atoms with E-state index in [2.05, 4.69) is 16.3 Å². The maximum atomic E-state index is 10.9. The van der Waals surface area contributed by atoms with Crippen molar-refractivity contribution in [1.82, 2.24) is 4.90 Å². The second kappa shape index (κ2) is 6.16. The Bertz CT molecular complexity index is 490. The lowest BCUT2D eigenvalue weighted by Crippen LogP contribution is -2.39. The lowest BCUT2D eigenvalue weighted by atomic mass is 10.0. The molecule has 1 aromatic rings. The number of hydrogen-bond donors (Lipinski definition) is 1. The van der Waals surface area contributed by atoms with Crippen molar-refractivity contribution in [2.24, 2.45) is 0 Å². The molecule has 1 N–H and O–H groups in total. The highest BCUT2D eigenvalue weighted by Gasteiger charge is 2.21. The van der Waals surface area contributed by atoms with E-state index in [4.69, 9.17) is 5.26 Å². The number of para-hydroxylation sites is 2. The maximum absolute atomic E-state index is 10.9. The van der Waals surface area contributed by atoms with Gasteiger partial charge in [0.2, 0.25) is 0 Å². The molecule has 1 aromatic carbocycles. The summed E-state index contributed by atoms with van der Waals surface area (Å²) < 4.78 is 0. The van der Waals surface area contributed by atoms with Gasteiger partial charge < -0.3 is 5.32 Å². The molecule has 1 saturated heterocycles. The zero-order valence-corrected chi connectivity index (χ0v) is 10.6. The monoisotopic (exact) mass is 260 g/mol. The highest BCUT2D eigenvalue weighted by molar-refractivity contribution is 5.61. The van der Waals surface area contributed by atoms with Crippen LogP contribution < -0.4 is 5.32 Å². The number of benzene rings is 1. The number of nitro benzene ring substituents is 1. The highest BCUT2D eigenvalue weighted by atomic mass is 16.6. The van der Waals surface area contributed by atoms with Gasteiger partial charge in [0.05, 0.1) is 17.5 Å². The predicted octanol–water partition coefficient (Wildman–Crippen LogP) is 1.99. The third-order valence-electron chi connectivity index (χ3n) is 3.34. The molecule has 0 unspecified atom stereocenters. The van der Waals surface area contributed by atoms with Gasteiger partial charge in [0.15, 0.2) is 0 Å².